The molecule has 4 N–H and O–H groups in total. The summed E-state index contributed by atoms with van der Waals surface area (Å²) in [5.74, 6) is -3.21. The number of carbonyl (C=O) groups excluding carboxylic acids is 2. The zero-order chi connectivity index (χ0) is 19.6. The molecule has 0 aliphatic heterocycles. The van der Waals surface area contributed by atoms with Gasteiger partial charge in [-0.2, -0.15) is 0 Å². The molecular weight excluding hydrogens is 364 g/mol. The summed E-state index contributed by atoms with van der Waals surface area (Å²) in [5.41, 5.74) is 7.45. The Labute approximate surface area is 161 Å². The SMILES string of the molecule is Cc1sc(NC(=O)[C@@H]2CCCC[C@H]2C(=O)O)c(C(N)=O)c1-c1ccccc1. The number of carbonyl (C=O) groups is 3. The number of anilines is 1. The fraction of sp³-hybridized carbons (Fsp3) is 0.350. The Morgan fingerprint density at radius 1 is 1.11 bits per heavy atom. The van der Waals surface area contributed by atoms with Crippen molar-refractivity contribution in [3.63, 3.8) is 0 Å². The predicted octanol–water partition coefficient (Wildman–Crippen LogP) is 3.65. The number of benzene rings is 1. The summed E-state index contributed by atoms with van der Waals surface area (Å²) >= 11 is 1.29. The third-order valence-electron chi connectivity index (χ3n) is 5.05. The third kappa shape index (κ3) is 3.88. The highest BCUT2D eigenvalue weighted by molar-refractivity contribution is 7.17. The van der Waals surface area contributed by atoms with E-state index in [1.54, 1.807) is 0 Å². The first-order valence-electron chi connectivity index (χ1n) is 8.92. The number of rotatable bonds is 5. The van der Waals surface area contributed by atoms with E-state index in [2.05, 4.69) is 5.32 Å². The van der Waals surface area contributed by atoms with Crippen molar-refractivity contribution in [3.8, 4) is 11.1 Å². The fourth-order valence-electron chi connectivity index (χ4n) is 3.77. The van der Waals surface area contributed by atoms with Gasteiger partial charge < -0.3 is 16.2 Å². The first-order chi connectivity index (χ1) is 12.9. The number of hydrogen-bond acceptors (Lipinski definition) is 4. The van der Waals surface area contributed by atoms with Gasteiger partial charge >= 0.3 is 5.97 Å². The normalized spacial score (nSPS) is 19.4. The van der Waals surface area contributed by atoms with Crippen molar-refractivity contribution in [2.45, 2.75) is 32.6 Å². The lowest BCUT2D eigenvalue weighted by Gasteiger charge is -2.27. The van der Waals surface area contributed by atoms with Crippen molar-refractivity contribution in [2.75, 3.05) is 5.32 Å². The van der Waals surface area contributed by atoms with Gasteiger partial charge in [-0.05, 0) is 25.3 Å². The van der Waals surface area contributed by atoms with Crippen LogP contribution in [0.3, 0.4) is 0 Å². The van der Waals surface area contributed by atoms with E-state index in [0.717, 1.165) is 23.3 Å². The number of aliphatic carboxylic acids is 1. The molecule has 1 aliphatic carbocycles. The van der Waals surface area contributed by atoms with Crippen molar-refractivity contribution in [3.05, 3.63) is 40.8 Å². The van der Waals surface area contributed by atoms with E-state index in [4.69, 9.17) is 5.73 Å². The lowest BCUT2D eigenvalue weighted by molar-refractivity contribution is -0.147. The summed E-state index contributed by atoms with van der Waals surface area (Å²) in [6.45, 7) is 1.87. The molecule has 3 rings (SSSR count). The number of nitrogens with two attached hydrogens (primary N) is 1. The quantitative estimate of drug-likeness (QED) is 0.728. The van der Waals surface area contributed by atoms with Crippen molar-refractivity contribution < 1.29 is 19.5 Å². The molecule has 0 bridgehead atoms. The lowest BCUT2D eigenvalue weighted by Crippen LogP contribution is -2.36. The first-order valence-corrected chi connectivity index (χ1v) is 9.74. The minimum atomic E-state index is -0.947. The monoisotopic (exact) mass is 386 g/mol. The third-order valence-corrected chi connectivity index (χ3v) is 6.07. The minimum Gasteiger partial charge on any atom is -0.481 e. The molecule has 2 amide bonds. The van der Waals surface area contributed by atoms with Gasteiger partial charge in [0.1, 0.15) is 5.00 Å². The molecular formula is C20H22N2O4S. The molecule has 0 unspecified atom stereocenters. The fourth-order valence-corrected chi connectivity index (χ4v) is 4.85. The Morgan fingerprint density at radius 3 is 2.33 bits per heavy atom. The van der Waals surface area contributed by atoms with Gasteiger partial charge in [0.25, 0.3) is 5.91 Å². The molecule has 2 atom stereocenters. The summed E-state index contributed by atoms with van der Waals surface area (Å²) < 4.78 is 0. The van der Waals surface area contributed by atoms with Crippen LogP contribution in [0.5, 0.6) is 0 Å². The highest BCUT2D eigenvalue weighted by Crippen LogP contribution is 2.40. The smallest absolute Gasteiger partial charge is 0.307 e. The number of amides is 2. The van der Waals surface area contributed by atoms with Crippen LogP contribution < -0.4 is 11.1 Å². The maximum atomic E-state index is 12.8. The van der Waals surface area contributed by atoms with Crippen LogP contribution in [0, 0.1) is 18.8 Å². The highest BCUT2D eigenvalue weighted by Gasteiger charge is 2.36. The summed E-state index contributed by atoms with van der Waals surface area (Å²) in [5, 5.41) is 12.6. The molecule has 1 aromatic heterocycles. The molecule has 0 radical (unpaired) electrons. The van der Waals surface area contributed by atoms with E-state index in [0.29, 0.717) is 23.4 Å². The van der Waals surface area contributed by atoms with Gasteiger partial charge in [-0.3, -0.25) is 14.4 Å². The molecule has 1 aromatic carbocycles. The van der Waals surface area contributed by atoms with Crippen LogP contribution in [0.2, 0.25) is 0 Å². The van der Waals surface area contributed by atoms with Crippen LogP contribution in [0.25, 0.3) is 11.1 Å². The van der Waals surface area contributed by atoms with Crippen molar-refractivity contribution >= 4 is 34.1 Å². The number of primary amides is 1. The molecule has 27 heavy (non-hydrogen) atoms. The van der Waals surface area contributed by atoms with E-state index in [9.17, 15) is 19.5 Å². The molecule has 0 spiro atoms. The zero-order valence-electron chi connectivity index (χ0n) is 15.0. The van der Waals surface area contributed by atoms with E-state index in [1.807, 2.05) is 37.3 Å². The summed E-state index contributed by atoms with van der Waals surface area (Å²) in [6, 6.07) is 9.39. The number of carboxylic acids is 1. The Kier molecular flexibility index (Phi) is 5.60. The molecule has 7 heteroatoms. The Morgan fingerprint density at radius 2 is 1.74 bits per heavy atom. The summed E-state index contributed by atoms with van der Waals surface area (Å²) in [6.07, 6.45) is 2.66. The van der Waals surface area contributed by atoms with Gasteiger partial charge in [0, 0.05) is 10.4 Å². The maximum Gasteiger partial charge on any atom is 0.307 e. The van der Waals surface area contributed by atoms with E-state index >= 15 is 0 Å². The standard InChI is InChI=1S/C20H22N2O4S/c1-11-15(12-7-3-2-4-8-12)16(17(21)23)19(27-11)22-18(24)13-9-5-6-10-14(13)20(25)26/h2-4,7-8,13-14H,5-6,9-10H2,1H3,(H2,21,23)(H,22,24)(H,25,26)/t13-,14-/m1/s1. The van der Waals surface area contributed by atoms with E-state index in [1.165, 1.54) is 11.3 Å². The molecule has 1 aliphatic rings. The summed E-state index contributed by atoms with van der Waals surface area (Å²) in [4.78, 5) is 37.3. The van der Waals surface area contributed by atoms with Crippen LogP contribution in [-0.2, 0) is 9.59 Å². The molecule has 0 saturated heterocycles. The molecule has 142 valence electrons. The van der Waals surface area contributed by atoms with Crippen molar-refractivity contribution in [1.29, 1.82) is 0 Å². The van der Waals surface area contributed by atoms with Gasteiger partial charge in [0.2, 0.25) is 5.91 Å². The minimum absolute atomic E-state index is 0.278. The number of nitrogens with one attached hydrogen (secondary N) is 1. The Bertz CT molecular complexity index is 876. The molecule has 1 fully saturated rings. The van der Waals surface area contributed by atoms with Crippen molar-refractivity contribution in [2.24, 2.45) is 17.6 Å². The van der Waals surface area contributed by atoms with Gasteiger partial charge in [-0.1, -0.05) is 43.2 Å². The van der Waals surface area contributed by atoms with Crippen LogP contribution in [0.1, 0.15) is 40.9 Å². The number of carboxylic acid groups (broad SMARTS) is 1. The van der Waals surface area contributed by atoms with Gasteiger partial charge in [0.05, 0.1) is 17.4 Å². The highest BCUT2D eigenvalue weighted by atomic mass is 32.1. The largest absolute Gasteiger partial charge is 0.481 e. The van der Waals surface area contributed by atoms with Gasteiger partial charge in [-0.25, -0.2) is 0 Å². The summed E-state index contributed by atoms with van der Waals surface area (Å²) in [7, 11) is 0. The first kappa shape index (κ1) is 19.1. The van der Waals surface area contributed by atoms with Gasteiger partial charge in [0.15, 0.2) is 0 Å². The van der Waals surface area contributed by atoms with Gasteiger partial charge in [-0.15, -0.1) is 11.3 Å². The zero-order valence-corrected chi connectivity index (χ0v) is 15.8. The molecule has 2 aromatic rings. The predicted molar refractivity (Wildman–Crippen MR) is 105 cm³/mol. The van der Waals surface area contributed by atoms with Crippen LogP contribution in [0.15, 0.2) is 30.3 Å². The Hall–Kier alpha value is -2.67. The van der Waals surface area contributed by atoms with Crippen LogP contribution in [-0.4, -0.2) is 22.9 Å². The average molecular weight is 386 g/mol. The second kappa shape index (κ2) is 7.92. The molecule has 1 heterocycles. The average Bonchev–Trinajstić information content (AvgIpc) is 2.98. The lowest BCUT2D eigenvalue weighted by atomic mass is 9.78. The van der Waals surface area contributed by atoms with Crippen molar-refractivity contribution in [1.82, 2.24) is 0 Å². The molecule has 1 saturated carbocycles. The second-order valence-corrected chi connectivity index (χ2v) is 8.02. The molecule has 6 nitrogen and oxygen atoms in total. The number of thiophene rings is 1. The van der Waals surface area contributed by atoms with E-state index in [-0.39, 0.29) is 11.5 Å². The topological polar surface area (TPSA) is 109 Å². The Balaban J connectivity index is 1.94. The van der Waals surface area contributed by atoms with Crippen LogP contribution >= 0.6 is 11.3 Å². The maximum absolute atomic E-state index is 12.8. The van der Waals surface area contributed by atoms with Crippen LogP contribution in [0.4, 0.5) is 5.00 Å². The number of hydrogen-bond donors (Lipinski definition) is 3. The second-order valence-electron chi connectivity index (χ2n) is 6.79. The van der Waals surface area contributed by atoms with E-state index < -0.39 is 23.7 Å². The number of aryl methyl sites for hydroxylation is 1.